The Morgan fingerprint density at radius 2 is 1.96 bits per heavy atom. The lowest BCUT2D eigenvalue weighted by molar-refractivity contribution is -0.116. The second kappa shape index (κ2) is 7.22. The number of carbonyl (C=O) groups excluding carboxylic acids is 3. The Hall–Kier alpha value is -3.42. The SMILES string of the molecule is COc1ccc(OC)c(NC(=O)CCN2C(=O)c3cccnc3C2=O)c1. The number of anilines is 1. The molecule has 0 atom stereocenters. The molecule has 0 saturated heterocycles. The van der Waals surface area contributed by atoms with Gasteiger partial charge in [0.1, 0.15) is 17.2 Å². The molecule has 134 valence electrons. The highest BCUT2D eigenvalue weighted by Crippen LogP contribution is 2.29. The number of imide groups is 1. The lowest BCUT2D eigenvalue weighted by Gasteiger charge is -2.14. The van der Waals surface area contributed by atoms with Crippen molar-refractivity contribution in [2.75, 3.05) is 26.1 Å². The van der Waals surface area contributed by atoms with E-state index in [0.717, 1.165) is 4.90 Å². The zero-order valence-electron chi connectivity index (χ0n) is 14.3. The van der Waals surface area contributed by atoms with E-state index in [1.54, 1.807) is 30.3 Å². The van der Waals surface area contributed by atoms with Gasteiger partial charge in [-0.05, 0) is 24.3 Å². The van der Waals surface area contributed by atoms with Crippen LogP contribution in [0.15, 0.2) is 36.5 Å². The van der Waals surface area contributed by atoms with E-state index in [0.29, 0.717) is 17.2 Å². The van der Waals surface area contributed by atoms with Gasteiger partial charge >= 0.3 is 0 Å². The van der Waals surface area contributed by atoms with Gasteiger partial charge in [-0.3, -0.25) is 24.3 Å². The number of ether oxygens (including phenoxy) is 2. The molecule has 1 aliphatic rings. The number of pyridine rings is 1. The zero-order valence-corrected chi connectivity index (χ0v) is 14.3. The van der Waals surface area contributed by atoms with Crippen molar-refractivity contribution in [1.29, 1.82) is 0 Å². The van der Waals surface area contributed by atoms with Crippen molar-refractivity contribution in [2.24, 2.45) is 0 Å². The first-order chi connectivity index (χ1) is 12.5. The van der Waals surface area contributed by atoms with E-state index in [9.17, 15) is 14.4 Å². The average Bonchev–Trinajstić information content (AvgIpc) is 2.91. The van der Waals surface area contributed by atoms with Crippen LogP contribution in [0.3, 0.4) is 0 Å². The normalized spacial score (nSPS) is 12.8. The van der Waals surface area contributed by atoms with Crippen LogP contribution in [0, 0.1) is 0 Å². The molecule has 0 fully saturated rings. The van der Waals surface area contributed by atoms with Crippen LogP contribution in [0.4, 0.5) is 5.69 Å². The Balaban J connectivity index is 1.66. The third-order valence-corrected chi connectivity index (χ3v) is 3.97. The van der Waals surface area contributed by atoms with Gasteiger partial charge in [-0.2, -0.15) is 0 Å². The fourth-order valence-electron chi connectivity index (χ4n) is 2.65. The van der Waals surface area contributed by atoms with Crippen molar-refractivity contribution < 1.29 is 23.9 Å². The number of benzene rings is 1. The number of amides is 3. The zero-order chi connectivity index (χ0) is 18.7. The largest absolute Gasteiger partial charge is 0.497 e. The van der Waals surface area contributed by atoms with E-state index in [1.807, 2.05) is 0 Å². The van der Waals surface area contributed by atoms with E-state index in [1.165, 1.54) is 20.4 Å². The summed E-state index contributed by atoms with van der Waals surface area (Å²) in [6.45, 7) is -0.0356. The van der Waals surface area contributed by atoms with E-state index >= 15 is 0 Å². The summed E-state index contributed by atoms with van der Waals surface area (Å²) >= 11 is 0. The molecular weight excluding hydrogens is 338 g/mol. The monoisotopic (exact) mass is 355 g/mol. The molecular formula is C18H17N3O5. The summed E-state index contributed by atoms with van der Waals surface area (Å²) in [5.74, 6) is -0.250. The maximum absolute atomic E-state index is 12.3. The second-order valence-corrected chi connectivity index (χ2v) is 5.53. The van der Waals surface area contributed by atoms with Crippen molar-refractivity contribution in [3.63, 3.8) is 0 Å². The fraction of sp³-hybridized carbons (Fsp3) is 0.222. The Kier molecular flexibility index (Phi) is 4.83. The Labute approximate surface area is 149 Å². The van der Waals surface area contributed by atoms with Crippen molar-refractivity contribution in [1.82, 2.24) is 9.88 Å². The molecule has 1 aromatic carbocycles. The molecule has 26 heavy (non-hydrogen) atoms. The maximum Gasteiger partial charge on any atom is 0.280 e. The van der Waals surface area contributed by atoms with Crippen molar-refractivity contribution in [3.8, 4) is 11.5 Å². The van der Waals surface area contributed by atoms with E-state index in [-0.39, 0.29) is 30.1 Å². The molecule has 1 aromatic heterocycles. The first-order valence-corrected chi connectivity index (χ1v) is 7.88. The van der Waals surface area contributed by atoms with Crippen LogP contribution in [-0.4, -0.2) is 48.4 Å². The van der Waals surface area contributed by atoms with Gasteiger partial charge in [0.15, 0.2) is 0 Å². The van der Waals surface area contributed by atoms with Crippen molar-refractivity contribution >= 4 is 23.4 Å². The molecule has 1 aliphatic heterocycles. The highest BCUT2D eigenvalue weighted by Gasteiger charge is 2.36. The lowest BCUT2D eigenvalue weighted by Crippen LogP contribution is -2.33. The smallest absolute Gasteiger partial charge is 0.280 e. The highest BCUT2D eigenvalue weighted by atomic mass is 16.5. The van der Waals surface area contributed by atoms with Gasteiger partial charge in [0.25, 0.3) is 11.8 Å². The van der Waals surface area contributed by atoms with Crippen LogP contribution < -0.4 is 14.8 Å². The molecule has 0 spiro atoms. The minimum Gasteiger partial charge on any atom is -0.497 e. The summed E-state index contributed by atoms with van der Waals surface area (Å²) in [5.41, 5.74) is 0.820. The van der Waals surface area contributed by atoms with E-state index < -0.39 is 11.8 Å². The number of nitrogens with zero attached hydrogens (tertiary/aromatic N) is 2. The first kappa shape index (κ1) is 17.4. The summed E-state index contributed by atoms with van der Waals surface area (Å²) in [6.07, 6.45) is 1.40. The lowest BCUT2D eigenvalue weighted by atomic mass is 10.2. The van der Waals surface area contributed by atoms with Gasteiger partial charge < -0.3 is 14.8 Å². The summed E-state index contributed by atoms with van der Waals surface area (Å²) in [6, 6.07) is 8.15. The van der Waals surface area contributed by atoms with E-state index in [4.69, 9.17) is 9.47 Å². The van der Waals surface area contributed by atoms with Crippen LogP contribution in [0.1, 0.15) is 27.3 Å². The summed E-state index contributed by atoms with van der Waals surface area (Å²) in [5, 5.41) is 2.70. The molecule has 8 heteroatoms. The number of hydrogen-bond donors (Lipinski definition) is 1. The minimum atomic E-state index is -0.489. The predicted octanol–water partition coefficient (Wildman–Crippen LogP) is 1.72. The van der Waals surface area contributed by atoms with Crippen molar-refractivity contribution in [3.05, 3.63) is 47.8 Å². The molecule has 0 bridgehead atoms. The van der Waals surface area contributed by atoms with Gasteiger partial charge in [-0.1, -0.05) is 0 Å². The quantitative estimate of drug-likeness (QED) is 0.793. The second-order valence-electron chi connectivity index (χ2n) is 5.53. The third-order valence-electron chi connectivity index (χ3n) is 3.97. The number of hydrogen-bond acceptors (Lipinski definition) is 6. The molecule has 3 amide bonds. The highest BCUT2D eigenvalue weighted by molar-refractivity contribution is 6.20. The van der Waals surface area contributed by atoms with Crippen LogP contribution in [0.5, 0.6) is 11.5 Å². The number of aromatic nitrogens is 1. The van der Waals surface area contributed by atoms with Gasteiger partial charge in [0.2, 0.25) is 5.91 Å². The molecule has 3 rings (SSSR count). The number of carbonyl (C=O) groups is 3. The van der Waals surface area contributed by atoms with Crippen molar-refractivity contribution in [2.45, 2.75) is 6.42 Å². The van der Waals surface area contributed by atoms with Gasteiger partial charge in [-0.25, -0.2) is 0 Å². The van der Waals surface area contributed by atoms with Crippen LogP contribution >= 0.6 is 0 Å². The molecule has 2 heterocycles. The first-order valence-electron chi connectivity index (χ1n) is 7.88. The molecule has 0 radical (unpaired) electrons. The molecule has 8 nitrogen and oxygen atoms in total. The number of methoxy groups -OCH3 is 2. The van der Waals surface area contributed by atoms with Gasteiger partial charge in [-0.15, -0.1) is 0 Å². The van der Waals surface area contributed by atoms with E-state index in [2.05, 4.69) is 10.3 Å². The average molecular weight is 355 g/mol. The molecule has 0 aliphatic carbocycles. The fourth-order valence-corrected chi connectivity index (χ4v) is 2.65. The van der Waals surface area contributed by atoms with Crippen LogP contribution in [-0.2, 0) is 4.79 Å². The molecule has 0 saturated carbocycles. The Morgan fingerprint density at radius 3 is 2.65 bits per heavy atom. The molecule has 1 N–H and O–H groups in total. The van der Waals surface area contributed by atoms with Crippen LogP contribution in [0.2, 0.25) is 0 Å². The predicted molar refractivity (Wildman–Crippen MR) is 92.4 cm³/mol. The molecule has 0 unspecified atom stereocenters. The van der Waals surface area contributed by atoms with Gasteiger partial charge in [0.05, 0.1) is 25.5 Å². The maximum atomic E-state index is 12.3. The minimum absolute atomic E-state index is 0.0356. The topological polar surface area (TPSA) is 97.8 Å². The number of rotatable bonds is 6. The number of nitrogens with one attached hydrogen (secondary N) is 1. The Bertz CT molecular complexity index is 846. The number of fused-ring (bicyclic) bond motifs is 1. The van der Waals surface area contributed by atoms with Crippen LogP contribution in [0.25, 0.3) is 0 Å². The Morgan fingerprint density at radius 1 is 1.15 bits per heavy atom. The van der Waals surface area contributed by atoms with Gasteiger partial charge in [0, 0.05) is 25.2 Å². The summed E-state index contributed by atoms with van der Waals surface area (Å²) in [7, 11) is 3.01. The molecule has 2 aromatic rings. The summed E-state index contributed by atoms with van der Waals surface area (Å²) < 4.78 is 10.3. The third kappa shape index (κ3) is 3.21. The standard InChI is InChI=1S/C18H17N3O5/c1-25-11-5-6-14(26-2)13(10-11)20-15(22)7-9-21-17(23)12-4-3-8-19-16(12)18(21)24/h3-6,8,10H,7,9H2,1-2H3,(H,20,22). The summed E-state index contributed by atoms with van der Waals surface area (Å²) in [4.78, 5) is 41.7.